The molecule has 2 saturated heterocycles. The normalized spacial score (nSPS) is 36.3. The first-order chi connectivity index (χ1) is 8.49. The molecule has 2 aliphatic rings. The number of piperidine rings is 1. The van der Waals surface area contributed by atoms with Crippen molar-refractivity contribution in [3.63, 3.8) is 0 Å². The molecule has 2 fully saturated rings. The lowest BCUT2D eigenvalue weighted by Crippen LogP contribution is -2.64. The quantitative estimate of drug-likeness (QED) is 0.655. The third-order valence-corrected chi connectivity index (χ3v) is 3.90. The Morgan fingerprint density at radius 3 is 2.61 bits per heavy atom. The maximum atomic E-state index is 12.3. The van der Waals surface area contributed by atoms with Crippen LogP contribution in [0.5, 0.6) is 0 Å². The van der Waals surface area contributed by atoms with E-state index in [1.165, 1.54) is 0 Å². The van der Waals surface area contributed by atoms with E-state index >= 15 is 0 Å². The van der Waals surface area contributed by atoms with Gasteiger partial charge < -0.3 is 20.5 Å². The minimum absolute atomic E-state index is 0.0458. The summed E-state index contributed by atoms with van der Waals surface area (Å²) in [5, 5.41) is 15.1. The predicted molar refractivity (Wildman–Crippen MR) is 64.2 cm³/mol. The third kappa shape index (κ3) is 2.35. The lowest BCUT2D eigenvalue weighted by Gasteiger charge is -2.36. The van der Waals surface area contributed by atoms with Crippen molar-refractivity contribution >= 4 is 11.9 Å². The number of aliphatic carboxylic acids is 1. The molecule has 102 valence electrons. The highest BCUT2D eigenvalue weighted by Gasteiger charge is 2.47. The van der Waals surface area contributed by atoms with Gasteiger partial charge in [-0.2, -0.15) is 0 Å². The predicted octanol–water partition coefficient (Wildman–Crippen LogP) is -0.122. The summed E-state index contributed by atoms with van der Waals surface area (Å²) in [5.74, 6) is -1.26. The van der Waals surface area contributed by atoms with Crippen LogP contribution in [0.3, 0.4) is 0 Å². The molecule has 3 N–H and O–H groups in total. The number of carbonyl (C=O) groups excluding carboxylic acids is 1. The molecule has 2 heterocycles. The zero-order valence-electron chi connectivity index (χ0n) is 10.6. The molecular formula is C12H20N2O4. The van der Waals surface area contributed by atoms with E-state index < -0.39 is 17.0 Å². The number of amides is 1. The SMILES string of the molecule is CC1(C(=O)NC2(C(=O)O)CCOC2)CCCCN1. The van der Waals surface area contributed by atoms with Crippen LogP contribution in [0, 0.1) is 0 Å². The Morgan fingerprint density at radius 2 is 2.11 bits per heavy atom. The van der Waals surface area contributed by atoms with Crippen molar-refractivity contribution in [2.75, 3.05) is 19.8 Å². The van der Waals surface area contributed by atoms with Gasteiger partial charge in [-0.3, -0.25) is 4.79 Å². The molecule has 0 aliphatic carbocycles. The van der Waals surface area contributed by atoms with E-state index in [0.717, 1.165) is 25.8 Å². The Morgan fingerprint density at radius 1 is 1.33 bits per heavy atom. The van der Waals surface area contributed by atoms with Gasteiger partial charge in [-0.1, -0.05) is 0 Å². The molecule has 1 amide bonds. The van der Waals surface area contributed by atoms with Gasteiger partial charge in [0.1, 0.15) is 0 Å². The Kier molecular flexibility index (Phi) is 3.59. The largest absolute Gasteiger partial charge is 0.479 e. The van der Waals surface area contributed by atoms with Gasteiger partial charge in [0.05, 0.1) is 12.1 Å². The molecule has 2 aliphatic heterocycles. The van der Waals surface area contributed by atoms with Crippen molar-refractivity contribution in [3.8, 4) is 0 Å². The number of rotatable bonds is 3. The Labute approximate surface area is 106 Å². The van der Waals surface area contributed by atoms with Crippen LogP contribution in [0.25, 0.3) is 0 Å². The second kappa shape index (κ2) is 4.85. The van der Waals surface area contributed by atoms with E-state index in [0.29, 0.717) is 13.0 Å². The van der Waals surface area contributed by atoms with Gasteiger partial charge in [0.2, 0.25) is 5.91 Å². The fourth-order valence-corrected chi connectivity index (χ4v) is 2.49. The highest BCUT2D eigenvalue weighted by Crippen LogP contribution is 2.23. The van der Waals surface area contributed by atoms with Gasteiger partial charge in [-0.15, -0.1) is 0 Å². The van der Waals surface area contributed by atoms with Gasteiger partial charge >= 0.3 is 5.97 Å². The third-order valence-electron chi connectivity index (χ3n) is 3.90. The van der Waals surface area contributed by atoms with E-state index in [2.05, 4.69) is 10.6 Å². The molecule has 0 bridgehead atoms. The van der Waals surface area contributed by atoms with Crippen LogP contribution in [-0.4, -0.2) is 47.8 Å². The second-order valence-electron chi connectivity index (χ2n) is 5.36. The summed E-state index contributed by atoms with van der Waals surface area (Å²) >= 11 is 0. The number of carboxylic acids is 1. The summed E-state index contributed by atoms with van der Waals surface area (Å²) in [5.41, 5.74) is -1.91. The van der Waals surface area contributed by atoms with Crippen molar-refractivity contribution in [1.29, 1.82) is 0 Å². The number of hydrogen-bond donors (Lipinski definition) is 3. The minimum atomic E-state index is -1.25. The molecule has 2 unspecified atom stereocenters. The molecule has 0 saturated carbocycles. The molecule has 2 atom stereocenters. The van der Waals surface area contributed by atoms with Crippen molar-refractivity contribution < 1.29 is 19.4 Å². The highest BCUT2D eigenvalue weighted by molar-refractivity contribution is 5.92. The van der Waals surface area contributed by atoms with E-state index in [1.54, 1.807) is 0 Å². The zero-order chi connectivity index (χ0) is 13.2. The fourth-order valence-electron chi connectivity index (χ4n) is 2.49. The minimum Gasteiger partial charge on any atom is -0.479 e. The monoisotopic (exact) mass is 256 g/mol. The molecule has 0 radical (unpaired) electrons. The fraction of sp³-hybridized carbons (Fsp3) is 0.833. The second-order valence-corrected chi connectivity index (χ2v) is 5.36. The van der Waals surface area contributed by atoms with Gasteiger partial charge in [0, 0.05) is 13.0 Å². The average molecular weight is 256 g/mol. The zero-order valence-corrected chi connectivity index (χ0v) is 10.6. The summed E-state index contributed by atoms with van der Waals surface area (Å²) in [6.07, 6.45) is 3.09. The van der Waals surface area contributed by atoms with E-state index in [1.807, 2.05) is 6.92 Å². The summed E-state index contributed by atoms with van der Waals surface area (Å²) < 4.78 is 5.13. The lowest BCUT2D eigenvalue weighted by atomic mass is 9.88. The smallest absolute Gasteiger partial charge is 0.331 e. The molecule has 0 aromatic rings. The molecule has 2 rings (SSSR count). The van der Waals surface area contributed by atoms with Gasteiger partial charge in [-0.25, -0.2) is 4.79 Å². The van der Waals surface area contributed by atoms with Crippen molar-refractivity contribution in [3.05, 3.63) is 0 Å². The summed E-state index contributed by atoms with van der Waals surface area (Å²) in [4.78, 5) is 23.6. The maximum absolute atomic E-state index is 12.3. The highest BCUT2D eigenvalue weighted by atomic mass is 16.5. The van der Waals surface area contributed by atoms with Gasteiger partial charge in [0.25, 0.3) is 0 Å². The van der Waals surface area contributed by atoms with Crippen LogP contribution >= 0.6 is 0 Å². The van der Waals surface area contributed by atoms with Crippen LogP contribution in [0.4, 0.5) is 0 Å². The Bertz CT molecular complexity index is 344. The lowest BCUT2D eigenvalue weighted by molar-refractivity contribution is -0.149. The van der Waals surface area contributed by atoms with Crippen LogP contribution in [0.2, 0.25) is 0 Å². The van der Waals surface area contributed by atoms with Crippen LogP contribution < -0.4 is 10.6 Å². The van der Waals surface area contributed by atoms with Crippen molar-refractivity contribution in [2.24, 2.45) is 0 Å². The van der Waals surface area contributed by atoms with Crippen LogP contribution in [0.15, 0.2) is 0 Å². The number of hydrogen-bond acceptors (Lipinski definition) is 4. The first-order valence-corrected chi connectivity index (χ1v) is 6.37. The Hall–Kier alpha value is -1.14. The van der Waals surface area contributed by atoms with E-state index in [-0.39, 0.29) is 12.5 Å². The van der Waals surface area contributed by atoms with Crippen molar-refractivity contribution in [2.45, 2.75) is 43.7 Å². The number of nitrogens with one attached hydrogen (secondary N) is 2. The molecular weight excluding hydrogens is 236 g/mol. The van der Waals surface area contributed by atoms with Crippen LogP contribution in [-0.2, 0) is 14.3 Å². The van der Waals surface area contributed by atoms with Gasteiger partial charge in [-0.05, 0) is 32.7 Å². The molecule has 6 heteroatoms. The topological polar surface area (TPSA) is 87.7 Å². The first kappa shape index (κ1) is 13.3. The van der Waals surface area contributed by atoms with Crippen molar-refractivity contribution in [1.82, 2.24) is 10.6 Å². The molecule has 0 spiro atoms. The molecule has 18 heavy (non-hydrogen) atoms. The van der Waals surface area contributed by atoms with Crippen LogP contribution in [0.1, 0.15) is 32.6 Å². The summed E-state index contributed by atoms with van der Waals surface area (Å²) in [6, 6.07) is 0. The number of ether oxygens (including phenoxy) is 1. The first-order valence-electron chi connectivity index (χ1n) is 6.37. The van der Waals surface area contributed by atoms with E-state index in [4.69, 9.17) is 4.74 Å². The number of carboxylic acid groups (broad SMARTS) is 1. The number of carbonyl (C=O) groups is 2. The molecule has 0 aromatic carbocycles. The van der Waals surface area contributed by atoms with Gasteiger partial charge in [0.15, 0.2) is 5.54 Å². The summed E-state index contributed by atoms with van der Waals surface area (Å²) in [6.45, 7) is 3.04. The maximum Gasteiger partial charge on any atom is 0.331 e. The van der Waals surface area contributed by atoms with E-state index in [9.17, 15) is 14.7 Å². The molecule has 6 nitrogen and oxygen atoms in total. The standard InChI is InChI=1S/C12H20N2O4/c1-11(4-2-3-6-13-11)9(15)14-12(10(16)17)5-7-18-8-12/h13H,2-8H2,1H3,(H,14,15)(H,16,17). The average Bonchev–Trinajstić information content (AvgIpc) is 2.80. The summed E-state index contributed by atoms with van der Waals surface area (Å²) in [7, 11) is 0. The molecule has 0 aromatic heterocycles. The Balaban J connectivity index is 2.07.